The Kier molecular flexibility index (Phi) is 6.41. The number of terminal acetylenes is 1. The van der Waals surface area contributed by atoms with Crippen LogP contribution in [-0.2, 0) is 0 Å². The SMILES string of the molecule is C#CC(=C)/C=C(\C=C/CCCC)C(C)(F)F. The summed E-state index contributed by atoms with van der Waals surface area (Å²) < 4.78 is 26.3. The van der Waals surface area contributed by atoms with Gasteiger partial charge in [0.25, 0.3) is 5.92 Å². The summed E-state index contributed by atoms with van der Waals surface area (Å²) in [5.41, 5.74) is 0.170. The van der Waals surface area contributed by atoms with Gasteiger partial charge in [0.2, 0.25) is 0 Å². The van der Waals surface area contributed by atoms with E-state index in [1.165, 1.54) is 12.2 Å². The molecular weight excluding hydrogens is 206 g/mol. The highest BCUT2D eigenvalue weighted by atomic mass is 19.3. The Morgan fingerprint density at radius 1 is 1.50 bits per heavy atom. The van der Waals surface area contributed by atoms with Crippen molar-refractivity contribution in [3.8, 4) is 12.3 Å². The Hall–Kier alpha value is -1.36. The van der Waals surface area contributed by atoms with E-state index >= 15 is 0 Å². The molecule has 0 amide bonds. The van der Waals surface area contributed by atoms with Gasteiger partial charge < -0.3 is 0 Å². The summed E-state index contributed by atoms with van der Waals surface area (Å²) in [4.78, 5) is 0. The van der Waals surface area contributed by atoms with Crippen LogP contribution in [0, 0.1) is 12.3 Å². The molecule has 0 bridgehead atoms. The zero-order valence-electron chi connectivity index (χ0n) is 9.89. The second kappa shape index (κ2) is 7.00. The molecule has 0 saturated heterocycles. The first-order chi connectivity index (χ1) is 7.41. The highest BCUT2D eigenvalue weighted by Gasteiger charge is 2.25. The highest BCUT2D eigenvalue weighted by molar-refractivity contribution is 5.41. The Morgan fingerprint density at radius 3 is 2.56 bits per heavy atom. The number of hydrogen-bond donors (Lipinski definition) is 0. The number of unbranched alkanes of at least 4 members (excludes halogenated alkanes) is 2. The number of allylic oxidation sites excluding steroid dienone is 5. The minimum atomic E-state index is -2.89. The van der Waals surface area contributed by atoms with Crippen molar-refractivity contribution in [1.82, 2.24) is 0 Å². The Morgan fingerprint density at radius 2 is 2.12 bits per heavy atom. The minimum Gasteiger partial charge on any atom is -0.202 e. The highest BCUT2D eigenvalue weighted by Crippen LogP contribution is 2.25. The van der Waals surface area contributed by atoms with Gasteiger partial charge in [0.15, 0.2) is 0 Å². The van der Waals surface area contributed by atoms with E-state index in [4.69, 9.17) is 6.42 Å². The lowest BCUT2D eigenvalue weighted by molar-refractivity contribution is 0.0674. The molecule has 0 aromatic heterocycles. The van der Waals surface area contributed by atoms with Crippen molar-refractivity contribution in [2.75, 3.05) is 0 Å². The van der Waals surface area contributed by atoms with E-state index in [2.05, 4.69) is 19.4 Å². The summed E-state index contributed by atoms with van der Waals surface area (Å²) in [5, 5.41) is 0. The maximum atomic E-state index is 13.2. The maximum absolute atomic E-state index is 13.2. The van der Waals surface area contributed by atoms with Crippen molar-refractivity contribution in [3.05, 3.63) is 36.0 Å². The number of hydrogen-bond acceptors (Lipinski definition) is 0. The third-order valence-electron chi connectivity index (χ3n) is 2.04. The molecule has 0 unspecified atom stereocenters. The van der Waals surface area contributed by atoms with Crippen molar-refractivity contribution in [2.24, 2.45) is 0 Å². The average Bonchev–Trinajstić information content (AvgIpc) is 2.20. The van der Waals surface area contributed by atoms with E-state index in [0.717, 1.165) is 26.2 Å². The van der Waals surface area contributed by atoms with Crippen molar-refractivity contribution >= 4 is 0 Å². The molecule has 0 aliphatic heterocycles. The summed E-state index contributed by atoms with van der Waals surface area (Å²) in [6, 6.07) is 0. The lowest BCUT2D eigenvalue weighted by atomic mass is 10.1. The van der Waals surface area contributed by atoms with E-state index in [1.807, 2.05) is 0 Å². The van der Waals surface area contributed by atoms with E-state index in [-0.39, 0.29) is 11.1 Å². The van der Waals surface area contributed by atoms with Gasteiger partial charge in [-0.25, -0.2) is 8.78 Å². The summed E-state index contributed by atoms with van der Waals surface area (Å²) >= 11 is 0. The Labute approximate surface area is 96.7 Å². The Bertz CT molecular complexity index is 322. The summed E-state index contributed by atoms with van der Waals surface area (Å²) in [7, 11) is 0. The van der Waals surface area contributed by atoms with Crippen molar-refractivity contribution < 1.29 is 8.78 Å². The number of rotatable bonds is 6. The second-order valence-electron chi connectivity index (χ2n) is 3.70. The minimum absolute atomic E-state index is 0.0912. The quantitative estimate of drug-likeness (QED) is 0.354. The van der Waals surface area contributed by atoms with Crippen LogP contribution in [0.15, 0.2) is 36.0 Å². The molecule has 0 aromatic rings. The van der Waals surface area contributed by atoms with E-state index in [1.54, 1.807) is 6.08 Å². The van der Waals surface area contributed by atoms with Crippen molar-refractivity contribution in [2.45, 2.75) is 39.0 Å². The molecule has 0 radical (unpaired) electrons. The van der Waals surface area contributed by atoms with E-state index < -0.39 is 5.92 Å². The monoisotopic (exact) mass is 224 g/mol. The van der Waals surface area contributed by atoms with Crippen LogP contribution in [-0.4, -0.2) is 5.92 Å². The molecule has 0 aliphatic carbocycles. The lowest BCUT2D eigenvalue weighted by Crippen LogP contribution is -2.12. The first-order valence-corrected chi connectivity index (χ1v) is 5.33. The fourth-order valence-electron chi connectivity index (χ4n) is 1.08. The van der Waals surface area contributed by atoms with Crippen LogP contribution in [0.25, 0.3) is 0 Å². The van der Waals surface area contributed by atoms with Crippen LogP contribution < -0.4 is 0 Å². The van der Waals surface area contributed by atoms with Gasteiger partial charge in [-0.15, -0.1) is 6.42 Å². The molecule has 0 atom stereocenters. The molecule has 0 rings (SSSR count). The van der Waals surface area contributed by atoms with Crippen LogP contribution in [0.5, 0.6) is 0 Å². The molecule has 0 heterocycles. The smallest absolute Gasteiger partial charge is 0.202 e. The second-order valence-corrected chi connectivity index (χ2v) is 3.70. The molecule has 0 spiro atoms. The van der Waals surface area contributed by atoms with Crippen LogP contribution in [0.2, 0.25) is 0 Å². The van der Waals surface area contributed by atoms with Gasteiger partial charge in [-0.1, -0.05) is 44.4 Å². The van der Waals surface area contributed by atoms with Crippen LogP contribution in [0.3, 0.4) is 0 Å². The van der Waals surface area contributed by atoms with Crippen LogP contribution in [0.1, 0.15) is 33.1 Å². The zero-order valence-corrected chi connectivity index (χ0v) is 9.89. The summed E-state index contributed by atoms with van der Waals surface area (Å²) in [6.07, 6.45) is 12.3. The molecule has 0 saturated carbocycles. The van der Waals surface area contributed by atoms with Gasteiger partial charge in [0, 0.05) is 18.1 Å². The molecule has 88 valence electrons. The molecule has 0 nitrogen and oxygen atoms in total. The van der Waals surface area contributed by atoms with Crippen LogP contribution >= 0.6 is 0 Å². The molecule has 2 heteroatoms. The predicted molar refractivity (Wildman–Crippen MR) is 65.3 cm³/mol. The normalized spacial score (nSPS) is 12.8. The van der Waals surface area contributed by atoms with Gasteiger partial charge in [-0.05, 0) is 12.5 Å². The molecule has 0 aromatic carbocycles. The maximum Gasteiger partial charge on any atom is 0.270 e. The fraction of sp³-hybridized carbons (Fsp3) is 0.429. The molecule has 0 N–H and O–H groups in total. The first-order valence-electron chi connectivity index (χ1n) is 5.33. The van der Waals surface area contributed by atoms with Crippen molar-refractivity contribution in [1.29, 1.82) is 0 Å². The average molecular weight is 224 g/mol. The standard InChI is InChI=1S/C14H18F2/c1-5-7-8-9-10-13(14(4,15)16)11-12(3)6-2/h2,9-11H,3,5,7-8H2,1,4H3/b10-9-,13-11+. The topological polar surface area (TPSA) is 0 Å². The lowest BCUT2D eigenvalue weighted by Gasteiger charge is -2.11. The summed E-state index contributed by atoms with van der Waals surface area (Å²) in [5.74, 6) is -0.655. The predicted octanol–water partition coefficient (Wildman–Crippen LogP) is 4.50. The third kappa shape index (κ3) is 6.19. The number of alkyl halides is 2. The van der Waals surface area contributed by atoms with Gasteiger partial charge in [0.1, 0.15) is 0 Å². The van der Waals surface area contributed by atoms with E-state index in [0.29, 0.717) is 0 Å². The van der Waals surface area contributed by atoms with Crippen molar-refractivity contribution in [3.63, 3.8) is 0 Å². The van der Waals surface area contributed by atoms with Gasteiger partial charge in [0.05, 0.1) is 0 Å². The van der Waals surface area contributed by atoms with E-state index in [9.17, 15) is 8.78 Å². The molecule has 0 aliphatic rings. The zero-order chi connectivity index (χ0) is 12.6. The largest absolute Gasteiger partial charge is 0.270 e. The van der Waals surface area contributed by atoms with Gasteiger partial charge in [-0.2, -0.15) is 0 Å². The molecule has 16 heavy (non-hydrogen) atoms. The first kappa shape index (κ1) is 14.6. The summed E-state index contributed by atoms with van der Waals surface area (Å²) in [6.45, 7) is 6.40. The third-order valence-corrected chi connectivity index (χ3v) is 2.04. The molecular formula is C14H18F2. The van der Waals surface area contributed by atoms with Gasteiger partial charge in [-0.3, -0.25) is 0 Å². The fourth-order valence-corrected chi connectivity index (χ4v) is 1.08. The Balaban J connectivity index is 4.72. The van der Waals surface area contributed by atoms with Crippen LogP contribution in [0.4, 0.5) is 8.78 Å². The molecule has 0 fully saturated rings. The number of halogens is 2. The van der Waals surface area contributed by atoms with Gasteiger partial charge >= 0.3 is 0 Å².